The number of hydrogen-bond donors (Lipinski definition) is 0. The van der Waals surface area contributed by atoms with Crippen molar-refractivity contribution in [2.75, 3.05) is 7.11 Å². The predicted octanol–water partition coefficient (Wildman–Crippen LogP) is 8.35. The number of ether oxygens (including phenoxy) is 4. The lowest BCUT2D eigenvalue weighted by atomic mass is 9.65. The van der Waals surface area contributed by atoms with Crippen LogP contribution in [-0.2, 0) is 10.2 Å². The molecule has 1 heterocycles. The van der Waals surface area contributed by atoms with Crippen LogP contribution in [0.2, 0.25) is 0 Å². The van der Waals surface area contributed by atoms with Crippen LogP contribution >= 0.6 is 0 Å². The van der Waals surface area contributed by atoms with Crippen molar-refractivity contribution in [3.05, 3.63) is 96.1 Å². The van der Waals surface area contributed by atoms with Crippen LogP contribution in [0, 0.1) is 0 Å². The summed E-state index contributed by atoms with van der Waals surface area (Å²) < 4.78 is 27.5. The summed E-state index contributed by atoms with van der Waals surface area (Å²) in [6, 6.07) is 26.2. The summed E-state index contributed by atoms with van der Waals surface area (Å²) in [7, 11) is 1.61. The number of carbonyl (C=O) groups excluding carboxylic acids is 2. The molecule has 0 atom stereocenters. The monoisotopic (exact) mass is 550 g/mol. The zero-order valence-corrected chi connectivity index (χ0v) is 23.0. The Morgan fingerprint density at radius 2 is 1.12 bits per heavy atom. The molecule has 1 aromatic heterocycles. The first-order chi connectivity index (χ1) is 19.9. The number of hydrogen-bond acceptors (Lipinski definition) is 7. The van der Waals surface area contributed by atoms with Gasteiger partial charge in [0.15, 0.2) is 0 Å². The number of benzene rings is 4. The van der Waals surface area contributed by atoms with Crippen LogP contribution in [0.1, 0.15) is 50.2 Å². The summed E-state index contributed by atoms with van der Waals surface area (Å²) in [6.45, 7) is 1.40. The van der Waals surface area contributed by atoms with Gasteiger partial charge in [0.05, 0.1) is 7.11 Å². The van der Waals surface area contributed by atoms with Crippen molar-refractivity contribution < 1.29 is 33.0 Å². The lowest BCUT2D eigenvalue weighted by molar-refractivity contribution is -0.131. The first kappa shape index (κ1) is 26.4. The molecule has 1 saturated carbocycles. The second-order valence-corrected chi connectivity index (χ2v) is 10.4. The van der Waals surface area contributed by atoms with Gasteiger partial charge in [0.2, 0.25) is 0 Å². The molecule has 1 aliphatic rings. The summed E-state index contributed by atoms with van der Waals surface area (Å²) in [6.07, 6.45) is 4.65. The minimum absolute atomic E-state index is 0.155. The highest BCUT2D eigenvalue weighted by Crippen LogP contribution is 2.45. The fourth-order valence-corrected chi connectivity index (χ4v) is 5.89. The van der Waals surface area contributed by atoms with Gasteiger partial charge in [-0.25, -0.2) is 4.79 Å². The molecule has 0 bridgehead atoms. The molecule has 1 aliphatic carbocycles. The average molecular weight is 551 g/mol. The SMILES string of the molecule is COc1ccc2oc3ccc(OC(=O)Oc4ccc(C5(c6ccc(OC(C)=O)cc6)CCCCC5)cc4)cc3c2c1. The van der Waals surface area contributed by atoms with E-state index in [0.29, 0.717) is 28.6 Å². The van der Waals surface area contributed by atoms with E-state index >= 15 is 0 Å². The van der Waals surface area contributed by atoms with E-state index in [2.05, 4.69) is 0 Å². The number of methoxy groups -OCH3 is 1. The quantitative estimate of drug-likeness (QED) is 0.119. The number of rotatable bonds is 6. The molecule has 1 fully saturated rings. The van der Waals surface area contributed by atoms with Crippen molar-refractivity contribution in [3.8, 4) is 23.0 Å². The van der Waals surface area contributed by atoms with Crippen LogP contribution in [0.4, 0.5) is 4.79 Å². The van der Waals surface area contributed by atoms with Crippen LogP contribution in [-0.4, -0.2) is 19.2 Å². The van der Waals surface area contributed by atoms with E-state index in [1.165, 1.54) is 18.9 Å². The minimum Gasteiger partial charge on any atom is -0.497 e. The van der Waals surface area contributed by atoms with Crippen LogP contribution in [0.5, 0.6) is 23.0 Å². The van der Waals surface area contributed by atoms with Crippen molar-refractivity contribution in [3.63, 3.8) is 0 Å². The van der Waals surface area contributed by atoms with Crippen LogP contribution < -0.4 is 18.9 Å². The fraction of sp³-hybridized carbons (Fsp3) is 0.235. The Bertz CT molecular complexity index is 1710. The topological polar surface area (TPSA) is 84.2 Å². The largest absolute Gasteiger partial charge is 0.519 e. The van der Waals surface area contributed by atoms with E-state index in [9.17, 15) is 9.59 Å². The third-order valence-electron chi connectivity index (χ3n) is 7.83. The van der Waals surface area contributed by atoms with Crippen molar-refractivity contribution in [1.29, 1.82) is 0 Å². The van der Waals surface area contributed by atoms with Crippen molar-refractivity contribution in [1.82, 2.24) is 0 Å². The molecule has 7 nitrogen and oxygen atoms in total. The Labute approximate surface area is 237 Å². The normalized spacial score (nSPS) is 14.5. The van der Waals surface area contributed by atoms with Crippen molar-refractivity contribution in [2.24, 2.45) is 0 Å². The molecule has 0 spiro atoms. The van der Waals surface area contributed by atoms with E-state index in [0.717, 1.165) is 47.6 Å². The smallest absolute Gasteiger partial charge is 0.497 e. The molecule has 4 aromatic carbocycles. The van der Waals surface area contributed by atoms with Gasteiger partial charge in [0.1, 0.15) is 34.2 Å². The maximum absolute atomic E-state index is 12.7. The van der Waals surface area contributed by atoms with Crippen LogP contribution in [0.25, 0.3) is 21.9 Å². The Hall–Kier alpha value is -4.78. The Morgan fingerprint density at radius 3 is 1.68 bits per heavy atom. The minimum atomic E-state index is -0.823. The molecule has 0 unspecified atom stereocenters. The predicted molar refractivity (Wildman–Crippen MR) is 155 cm³/mol. The van der Waals surface area contributed by atoms with Crippen LogP contribution in [0.15, 0.2) is 89.3 Å². The second-order valence-electron chi connectivity index (χ2n) is 10.4. The van der Waals surface area contributed by atoms with E-state index in [-0.39, 0.29) is 11.4 Å². The standard InChI is InChI=1S/C34H30O7/c1-22(35)38-25-10-6-23(7-11-25)34(18-4-3-5-19-34)24-8-12-26(13-9-24)39-33(36)40-28-15-17-32-30(21-28)29-20-27(37-2)14-16-31(29)41-32/h6-17,20-21H,3-5,18-19H2,1-2H3. The zero-order chi connectivity index (χ0) is 28.4. The molecule has 0 radical (unpaired) electrons. The molecule has 0 amide bonds. The summed E-state index contributed by atoms with van der Waals surface area (Å²) in [5, 5.41) is 1.68. The van der Waals surface area contributed by atoms with Crippen LogP contribution in [0.3, 0.4) is 0 Å². The Kier molecular flexibility index (Phi) is 7.10. The molecule has 41 heavy (non-hydrogen) atoms. The van der Waals surface area contributed by atoms with E-state index in [1.807, 2.05) is 54.6 Å². The number of fused-ring (bicyclic) bond motifs is 3. The summed E-state index contributed by atoms with van der Waals surface area (Å²) in [4.78, 5) is 24.0. The highest BCUT2D eigenvalue weighted by atomic mass is 16.7. The first-order valence-electron chi connectivity index (χ1n) is 13.7. The summed E-state index contributed by atoms with van der Waals surface area (Å²) in [5.74, 6) is 1.66. The zero-order valence-electron chi connectivity index (χ0n) is 23.0. The van der Waals surface area contributed by atoms with E-state index < -0.39 is 6.16 Å². The molecule has 5 aromatic rings. The van der Waals surface area contributed by atoms with Gasteiger partial charge in [-0.2, -0.15) is 0 Å². The van der Waals surface area contributed by atoms with Gasteiger partial charge < -0.3 is 23.4 Å². The van der Waals surface area contributed by atoms with E-state index in [4.69, 9.17) is 23.4 Å². The number of carbonyl (C=O) groups is 2. The molecular weight excluding hydrogens is 520 g/mol. The highest BCUT2D eigenvalue weighted by molar-refractivity contribution is 6.06. The molecule has 208 valence electrons. The van der Waals surface area contributed by atoms with Crippen molar-refractivity contribution >= 4 is 34.1 Å². The first-order valence-corrected chi connectivity index (χ1v) is 13.7. The lowest BCUT2D eigenvalue weighted by Gasteiger charge is -2.38. The van der Waals surface area contributed by atoms with Gasteiger partial charge in [0, 0.05) is 23.1 Å². The fourth-order valence-electron chi connectivity index (χ4n) is 5.89. The van der Waals surface area contributed by atoms with Crippen molar-refractivity contribution in [2.45, 2.75) is 44.4 Å². The van der Waals surface area contributed by atoms with Gasteiger partial charge in [-0.15, -0.1) is 0 Å². The molecule has 7 heteroatoms. The maximum atomic E-state index is 12.7. The number of furan rings is 1. The van der Waals surface area contributed by atoms with Gasteiger partial charge >= 0.3 is 12.1 Å². The highest BCUT2D eigenvalue weighted by Gasteiger charge is 2.35. The average Bonchev–Trinajstić information content (AvgIpc) is 3.35. The molecule has 6 rings (SSSR count). The Balaban J connectivity index is 1.19. The molecular formula is C34H30O7. The molecule has 0 N–H and O–H groups in total. The van der Waals surface area contributed by atoms with Gasteiger partial charge in [0.25, 0.3) is 0 Å². The van der Waals surface area contributed by atoms with Gasteiger partial charge in [-0.05, 0) is 84.6 Å². The van der Waals surface area contributed by atoms with E-state index in [1.54, 1.807) is 37.4 Å². The summed E-state index contributed by atoms with van der Waals surface area (Å²) in [5.41, 5.74) is 3.59. The van der Waals surface area contributed by atoms with Gasteiger partial charge in [-0.3, -0.25) is 4.79 Å². The van der Waals surface area contributed by atoms with Gasteiger partial charge in [-0.1, -0.05) is 43.5 Å². The second kappa shape index (κ2) is 11.0. The third kappa shape index (κ3) is 5.35. The number of esters is 1. The molecule has 0 aliphatic heterocycles. The third-order valence-corrected chi connectivity index (χ3v) is 7.83. The lowest BCUT2D eigenvalue weighted by Crippen LogP contribution is -2.30. The maximum Gasteiger partial charge on any atom is 0.519 e. The Morgan fingerprint density at radius 1 is 0.634 bits per heavy atom. The molecule has 0 saturated heterocycles. The summed E-state index contributed by atoms with van der Waals surface area (Å²) >= 11 is 0.